The van der Waals surface area contributed by atoms with Crippen molar-refractivity contribution in [1.82, 2.24) is 5.32 Å². The minimum Gasteiger partial charge on any atom is -0.500 e. The number of hydrogen-bond acceptors (Lipinski definition) is 7. The number of nitro groups is 1. The van der Waals surface area contributed by atoms with E-state index in [1.54, 1.807) is 31.2 Å². The van der Waals surface area contributed by atoms with Gasteiger partial charge in [0.05, 0.1) is 17.7 Å². The number of aromatic hydroxyl groups is 1. The predicted molar refractivity (Wildman–Crippen MR) is 109 cm³/mol. The maximum absolute atomic E-state index is 13.0. The summed E-state index contributed by atoms with van der Waals surface area (Å²) in [6.45, 7) is 1.79. The molecule has 2 N–H and O–H groups in total. The van der Waals surface area contributed by atoms with E-state index >= 15 is 0 Å². The molecule has 1 saturated heterocycles. The van der Waals surface area contributed by atoms with Crippen molar-refractivity contribution in [2.45, 2.75) is 6.92 Å². The number of nitrogens with one attached hydrogen (secondary N) is 1. The van der Waals surface area contributed by atoms with E-state index in [9.17, 15) is 24.8 Å². The smallest absolute Gasteiger partial charge is 0.315 e. The first-order chi connectivity index (χ1) is 13.7. The van der Waals surface area contributed by atoms with Crippen LogP contribution in [-0.2, 0) is 9.59 Å². The lowest BCUT2D eigenvalue weighted by Gasteiger charge is -2.30. The summed E-state index contributed by atoms with van der Waals surface area (Å²) in [6.07, 6.45) is 1.18. The molecule has 1 fully saturated rings. The van der Waals surface area contributed by atoms with Gasteiger partial charge in [-0.1, -0.05) is 18.2 Å². The zero-order chi connectivity index (χ0) is 21.3. The number of anilines is 1. The van der Waals surface area contributed by atoms with Crippen LogP contribution in [0.3, 0.4) is 0 Å². The van der Waals surface area contributed by atoms with E-state index in [4.69, 9.17) is 17.0 Å². The monoisotopic (exact) mass is 413 g/mol. The van der Waals surface area contributed by atoms with Crippen LogP contribution in [0.15, 0.2) is 42.0 Å². The molecule has 1 aliphatic rings. The number of nitro benzene ring substituents is 1. The molecule has 0 radical (unpaired) electrons. The Morgan fingerprint density at radius 1 is 1.28 bits per heavy atom. The quantitative estimate of drug-likeness (QED) is 0.260. The molecule has 0 aromatic heterocycles. The van der Waals surface area contributed by atoms with Gasteiger partial charge in [-0.25, -0.2) is 0 Å². The summed E-state index contributed by atoms with van der Waals surface area (Å²) < 4.78 is 4.94. The maximum atomic E-state index is 13.0. The van der Waals surface area contributed by atoms with Crippen LogP contribution in [0.5, 0.6) is 11.5 Å². The van der Waals surface area contributed by atoms with Crippen LogP contribution in [0.1, 0.15) is 11.1 Å². The first kappa shape index (κ1) is 20.0. The molecule has 0 saturated carbocycles. The van der Waals surface area contributed by atoms with E-state index in [-0.39, 0.29) is 22.0 Å². The van der Waals surface area contributed by atoms with Gasteiger partial charge in [-0.2, -0.15) is 0 Å². The highest BCUT2D eigenvalue weighted by molar-refractivity contribution is 7.80. The summed E-state index contributed by atoms with van der Waals surface area (Å²) in [4.78, 5) is 37.0. The highest BCUT2D eigenvalue weighted by atomic mass is 32.1. The standard InChI is InChI=1S/C19H15N3O6S/c1-10-5-3-4-6-13(10)21-18(25)12(17(24)20-19(21)29)7-11-8-14(22(26)27)16(23)15(9-11)28-2/h3-9,23H,1-2H3,(H,20,24,29)/b12-7+. The number of thiocarbonyl (C=S) groups is 1. The van der Waals surface area contributed by atoms with Crippen molar-refractivity contribution >= 4 is 46.6 Å². The zero-order valence-electron chi connectivity index (χ0n) is 15.3. The molecule has 2 aromatic carbocycles. The summed E-state index contributed by atoms with van der Waals surface area (Å²) >= 11 is 5.16. The van der Waals surface area contributed by atoms with Gasteiger partial charge in [0.2, 0.25) is 5.75 Å². The van der Waals surface area contributed by atoms with E-state index in [1.807, 2.05) is 0 Å². The Kier molecular flexibility index (Phi) is 5.29. The van der Waals surface area contributed by atoms with E-state index in [0.717, 1.165) is 11.6 Å². The third-order valence-corrected chi connectivity index (χ3v) is 4.55. The lowest BCUT2D eigenvalue weighted by atomic mass is 10.0. The second kappa shape index (κ2) is 7.68. The molecule has 2 aromatic rings. The van der Waals surface area contributed by atoms with Crippen molar-refractivity contribution < 1.29 is 24.4 Å². The molecule has 29 heavy (non-hydrogen) atoms. The number of aryl methyl sites for hydroxylation is 1. The van der Waals surface area contributed by atoms with Gasteiger partial charge >= 0.3 is 5.69 Å². The van der Waals surface area contributed by atoms with Crippen molar-refractivity contribution in [2.75, 3.05) is 12.0 Å². The Morgan fingerprint density at radius 3 is 2.59 bits per heavy atom. The number of carbonyl (C=O) groups is 2. The van der Waals surface area contributed by atoms with Crippen molar-refractivity contribution in [2.24, 2.45) is 0 Å². The number of para-hydroxylation sites is 1. The van der Waals surface area contributed by atoms with Gasteiger partial charge < -0.3 is 9.84 Å². The fourth-order valence-electron chi connectivity index (χ4n) is 2.85. The Labute approximate surface area is 170 Å². The van der Waals surface area contributed by atoms with Crippen molar-refractivity contribution in [3.63, 3.8) is 0 Å². The Bertz CT molecular complexity index is 1100. The molecule has 0 bridgehead atoms. The molecule has 10 heteroatoms. The van der Waals surface area contributed by atoms with Gasteiger partial charge in [0.1, 0.15) is 5.57 Å². The van der Waals surface area contributed by atoms with Crippen molar-refractivity contribution in [3.8, 4) is 11.5 Å². The highest BCUT2D eigenvalue weighted by Gasteiger charge is 2.35. The van der Waals surface area contributed by atoms with Gasteiger partial charge in [0, 0.05) is 6.07 Å². The van der Waals surface area contributed by atoms with Crippen LogP contribution in [0, 0.1) is 17.0 Å². The van der Waals surface area contributed by atoms with Gasteiger partial charge in [-0.05, 0) is 48.5 Å². The molecule has 148 valence electrons. The molecule has 3 rings (SSSR count). The van der Waals surface area contributed by atoms with Crippen LogP contribution in [-0.4, -0.2) is 34.1 Å². The number of ether oxygens (including phenoxy) is 1. The van der Waals surface area contributed by atoms with E-state index in [1.165, 1.54) is 24.2 Å². The van der Waals surface area contributed by atoms with Crippen LogP contribution in [0.2, 0.25) is 0 Å². The molecular weight excluding hydrogens is 398 g/mol. The number of methoxy groups -OCH3 is 1. The number of amides is 2. The van der Waals surface area contributed by atoms with E-state index in [0.29, 0.717) is 5.69 Å². The van der Waals surface area contributed by atoms with Crippen LogP contribution >= 0.6 is 12.2 Å². The molecule has 2 amide bonds. The molecule has 1 heterocycles. The maximum Gasteiger partial charge on any atom is 0.315 e. The zero-order valence-corrected chi connectivity index (χ0v) is 16.1. The van der Waals surface area contributed by atoms with Crippen molar-refractivity contribution in [3.05, 3.63) is 63.2 Å². The van der Waals surface area contributed by atoms with Crippen molar-refractivity contribution in [1.29, 1.82) is 0 Å². The summed E-state index contributed by atoms with van der Waals surface area (Å²) in [5, 5.41) is 23.4. The van der Waals surface area contributed by atoms with Gasteiger partial charge in [-0.3, -0.25) is 29.9 Å². The first-order valence-electron chi connectivity index (χ1n) is 8.27. The lowest BCUT2D eigenvalue weighted by molar-refractivity contribution is -0.386. The molecule has 0 unspecified atom stereocenters. The topological polar surface area (TPSA) is 122 Å². The number of carbonyl (C=O) groups excluding carboxylic acids is 2. The number of benzene rings is 2. The molecule has 0 aliphatic carbocycles. The number of nitrogens with zero attached hydrogens (tertiary/aromatic N) is 2. The summed E-state index contributed by atoms with van der Waals surface area (Å²) in [7, 11) is 1.23. The predicted octanol–water partition coefficient (Wildman–Crippen LogP) is 2.45. The SMILES string of the molecule is COc1cc(/C=C2\C(=O)NC(=S)N(c3ccccc3C)C2=O)cc([N+](=O)[O-])c1O. The normalized spacial score (nSPS) is 15.4. The third-order valence-electron chi connectivity index (χ3n) is 4.26. The molecular formula is C19H15N3O6S. The summed E-state index contributed by atoms with van der Waals surface area (Å²) in [5.74, 6) is -2.23. The highest BCUT2D eigenvalue weighted by Crippen LogP contribution is 2.37. The average Bonchev–Trinajstić information content (AvgIpc) is 2.67. The van der Waals surface area contributed by atoms with Gasteiger partial charge in [-0.15, -0.1) is 0 Å². The summed E-state index contributed by atoms with van der Waals surface area (Å²) in [5.41, 5.74) is 0.501. The second-order valence-electron chi connectivity index (χ2n) is 6.09. The number of rotatable bonds is 4. The van der Waals surface area contributed by atoms with Crippen LogP contribution in [0.25, 0.3) is 6.08 Å². The number of phenols is 1. The van der Waals surface area contributed by atoms with Gasteiger partial charge in [0.25, 0.3) is 11.8 Å². The average molecular weight is 413 g/mol. The minimum atomic E-state index is -0.794. The molecule has 9 nitrogen and oxygen atoms in total. The van der Waals surface area contributed by atoms with E-state index < -0.39 is 28.2 Å². The molecule has 0 atom stereocenters. The molecule has 0 spiro atoms. The Morgan fingerprint density at radius 2 is 1.97 bits per heavy atom. The minimum absolute atomic E-state index is 0.0688. The fourth-order valence-corrected chi connectivity index (χ4v) is 3.12. The fraction of sp³-hybridized carbons (Fsp3) is 0.105. The first-order valence-corrected chi connectivity index (χ1v) is 8.68. The van der Waals surface area contributed by atoms with Crippen LogP contribution < -0.4 is 15.0 Å². The number of phenolic OH excluding ortho intramolecular Hbond substituents is 1. The Balaban J connectivity index is 2.11. The number of hydrogen-bond donors (Lipinski definition) is 2. The Hall–Kier alpha value is -3.79. The summed E-state index contributed by atoms with van der Waals surface area (Å²) in [6, 6.07) is 9.32. The van der Waals surface area contributed by atoms with E-state index in [2.05, 4.69) is 5.32 Å². The molecule has 1 aliphatic heterocycles. The second-order valence-corrected chi connectivity index (χ2v) is 6.48. The van der Waals surface area contributed by atoms with Crippen LogP contribution in [0.4, 0.5) is 11.4 Å². The third kappa shape index (κ3) is 3.65. The lowest BCUT2D eigenvalue weighted by Crippen LogP contribution is -2.54. The largest absolute Gasteiger partial charge is 0.500 e. The van der Waals surface area contributed by atoms with Gasteiger partial charge in [0.15, 0.2) is 10.9 Å².